The minimum absolute atomic E-state index is 0. The zero-order valence-corrected chi connectivity index (χ0v) is 7.56. The van der Waals surface area contributed by atoms with Gasteiger partial charge in [0.25, 0.3) is 0 Å². The molecule has 0 amide bonds. The van der Waals surface area contributed by atoms with E-state index in [-0.39, 0.29) is 12.4 Å². The van der Waals surface area contributed by atoms with Gasteiger partial charge in [0.15, 0.2) is 0 Å². The van der Waals surface area contributed by atoms with Gasteiger partial charge in [-0.05, 0) is 12.1 Å². The average Bonchev–Trinajstić information content (AvgIpc) is 2.58. The van der Waals surface area contributed by atoms with Crippen LogP contribution in [-0.4, -0.2) is 19.6 Å². The van der Waals surface area contributed by atoms with Crippen molar-refractivity contribution < 1.29 is 4.42 Å². The van der Waals surface area contributed by atoms with Gasteiger partial charge < -0.3 is 15.1 Å². The second-order valence-corrected chi connectivity index (χ2v) is 2.73. The van der Waals surface area contributed by atoms with Crippen molar-refractivity contribution in [3.8, 4) is 0 Å². The molecular weight excluding hydrogens is 176 g/mol. The molecule has 1 fully saturated rings. The van der Waals surface area contributed by atoms with Gasteiger partial charge in [0.05, 0.1) is 12.3 Å². The molecule has 0 saturated carbocycles. The van der Waals surface area contributed by atoms with E-state index < -0.39 is 0 Å². The van der Waals surface area contributed by atoms with Gasteiger partial charge in [-0.1, -0.05) is 0 Å². The summed E-state index contributed by atoms with van der Waals surface area (Å²) in [6.45, 7) is 3.04. The Morgan fingerprint density at radius 3 is 2.92 bits per heavy atom. The zero-order chi connectivity index (χ0) is 7.52. The van der Waals surface area contributed by atoms with Crippen molar-refractivity contribution in [2.45, 2.75) is 6.04 Å². The molecule has 1 aromatic heterocycles. The van der Waals surface area contributed by atoms with Crippen LogP contribution in [0.3, 0.4) is 0 Å². The van der Waals surface area contributed by atoms with Gasteiger partial charge in [-0.15, -0.1) is 12.4 Å². The van der Waals surface area contributed by atoms with Crippen molar-refractivity contribution in [3.63, 3.8) is 0 Å². The zero-order valence-electron chi connectivity index (χ0n) is 6.75. The van der Waals surface area contributed by atoms with Crippen LogP contribution in [0.1, 0.15) is 11.8 Å². The molecule has 0 unspecified atom stereocenters. The van der Waals surface area contributed by atoms with Gasteiger partial charge in [0.2, 0.25) is 0 Å². The van der Waals surface area contributed by atoms with Gasteiger partial charge >= 0.3 is 0 Å². The Bertz CT molecular complexity index is 207. The Morgan fingerprint density at radius 1 is 1.42 bits per heavy atom. The van der Waals surface area contributed by atoms with Crippen molar-refractivity contribution in [1.29, 1.82) is 0 Å². The molecule has 1 atom stereocenters. The van der Waals surface area contributed by atoms with Crippen LogP contribution in [0.5, 0.6) is 0 Å². The molecule has 0 bridgehead atoms. The maximum Gasteiger partial charge on any atom is 0.121 e. The molecule has 1 aromatic rings. The summed E-state index contributed by atoms with van der Waals surface area (Å²) in [4.78, 5) is 0. The van der Waals surface area contributed by atoms with Crippen LogP contribution >= 0.6 is 12.4 Å². The van der Waals surface area contributed by atoms with E-state index in [0.29, 0.717) is 6.04 Å². The van der Waals surface area contributed by atoms with Crippen molar-refractivity contribution in [2.75, 3.05) is 19.6 Å². The molecular formula is C8H13ClN2O. The molecule has 1 saturated heterocycles. The lowest BCUT2D eigenvalue weighted by molar-refractivity contribution is 0.363. The van der Waals surface area contributed by atoms with E-state index in [1.807, 2.05) is 12.1 Å². The molecule has 3 nitrogen and oxygen atoms in total. The van der Waals surface area contributed by atoms with E-state index in [0.717, 1.165) is 25.4 Å². The number of hydrogen-bond donors (Lipinski definition) is 2. The quantitative estimate of drug-likeness (QED) is 0.689. The standard InChI is InChI=1S/C8H12N2O.ClH/c1-2-8(11-5-1)7-6-9-3-4-10-7;/h1-2,5,7,9-10H,3-4,6H2;1H/t7-;/m0./s1. The maximum atomic E-state index is 5.27. The van der Waals surface area contributed by atoms with Gasteiger partial charge in [0, 0.05) is 19.6 Å². The molecule has 2 N–H and O–H groups in total. The number of halogens is 1. The van der Waals surface area contributed by atoms with Gasteiger partial charge in [-0.2, -0.15) is 0 Å². The Balaban J connectivity index is 0.000000720. The third-order valence-electron chi connectivity index (χ3n) is 1.93. The molecule has 0 aromatic carbocycles. The number of piperazine rings is 1. The van der Waals surface area contributed by atoms with Gasteiger partial charge in [-0.25, -0.2) is 0 Å². The lowest BCUT2D eigenvalue weighted by Crippen LogP contribution is -2.42. The van der Waals surface area contributed by atoms with E-state index in [1.165, 1.54) is 0 Å². The summed E-state index contributed by atoms with van der Waals surface area (Å²) in [7, 11) is 0. The van der Waals surface area contributed by atoms with Crippen LogP contribution in [0.2, 0.25) is 0 Å². The lowest BCUT2D eigenvalue weighted by Gasteiger charge is -2.22. The number of hydrogen-bond acceptors (Lipinski definition) is 3. The van der Waals surface area contributed by atoms with Crippen LogP contribution in [0.15, 0.2) is 22.8 Å². The number of furan rings is 1. The third kappa shape index (κ3) is 2.00. The van der Waals surface area contributed by atoms with E-state index in [9.17, 15) is 0 Å². The first-order valence-electron chi connectivity index (χ1n) is 3.94. The number of rotatable bonds is 1. The van der Waals surface area contributed by atoms with Crippen LogP contribution in [-0.2, 0) is 0 Å². The van der Waals surface area contributed by atoms with Crippen molar-refractivity contribution in [3.05, 3.63) is 24.2 Å². The fourth-order valence-electron chi connectivity index (χ4n) is 1.34. The fraction of sp³-hybridized carbons (Fsp3) is 0.500. The second kappa shape index (κ2) is 4.50. The fourth-order valence-corrected chi connectivity index (χ4v) is 1.34. The maximum absolute atomic E-state index is 5.27. The minimum atomic E-state index is 0. The van der Waals surface area contributed by atoms with Crippen molar-refractivity contribution in [2.24, 2.45) is 0 Å². The van der Waals surface area contributed by atoms with Crippen molar-refractivity contribution in [1.82, 2.24) is 10.6 Å². The minimum Gasteiger partial charge on any atom is -0.468 e. The first kappa shape index (κ1) is 9.58. The number of nitrogens with one attached hydrogen (secondary N) is 2. The van der Waals surface area contributed by atoms with Crippen molar-refractivity contribution >= 4 is 12.4 Å². The topological polar surface area (TPSA) is 37.2 Å². The Morgan fingerprint density at radius 2 is 2.33 bits per heavy atom. The van der Waals surface area contributed by atoms with Crippen LogP contribution in [0.25, 0.3) is 0 Å². The van der Waals surface area contributed by atoms with Crippen LogP contribution in [0, 0.1) is 0 Å². The third-order valence-corrected chi connectivity index (χ3v) is 1.93. The average molecular weight is 189 g/mol. The Kier molecular flexibility index (Phi) is 3.59. The first-order chi connectivity index (χ1) is 5.47. The summed E-state index contributed by atoms with van der Waals surface area (Å²) < 4.78 is 5.27. The lowest BCUT2D eigenvalue weighted by atomic mass is 10.2. The molecule has 0 aliphatic carbocycles. The van der Waals surface area contributed by atoms with E-state index in [4.69, 9.17) is 4.42 Å². The highest BCUT2D eigenvalue weighted by atomic mass is 35.5. The second-order valence-electron chi connectivity index (χ2n) is 2.73. The Labute approximate surface area is 77.9 Å². The van der Waals surface area contributed by atoms with E-state index in [2.05, 4.69) is 10.6 Å². The van der Waals surface area contributed by atoms with Gasteiger partial charge in [-0.3, -0.25) is 0 Å². The highest BCUT2D eigenvalue weighted by molar-refractivity contribution is 5.85. The summed E-state index contributed by atoms with van der Waals surface area (Å²) >= 11 is 0. The summed E-state index contributed by atoms with van der Waals surface area (Å²) in [6, 6.07) is 4.29. The highest BCUT2D eigenvalue weighted by Gasteiger charge is 2.15. The Hall–Kier alpha value is -0.510. The molecule has 4 heteroatoms. The molecule has 2 rings (SSSR count). The molecule has 1 aliphatic heterocycles. The predicted molar refractivity (Wildman–Crippen MR) is 49.6 cm³/mol. The van der Waals surface area contributed by atoms with Gasteiger partial charge in [0.1, 0.15) is 5.76 Å². The highest BCUT2D eigenvalue weighted by Crippen LogP contribution is 2.13. The summed E-state index contributed by atoms with van der Waals surface area (Å²) in [5, 5.41) is 6.67. The SMILES string of the molecule is Cl.c1coc([C@@H]2CNCCN2)c1. The van der Waals surface area contributed by atoms with E-state index >= 15 is 0 Å². The molecule has 68 valence electrons. The summed E-state index contributed by atoms with van der Waals surface area (Å²) in [5.41, 5.74) is 0. The summed E-state index contributed by atoms with van der Waals surface area (Å²) in [6.07, 6.45) is 1.71. The first-order valence-corrected chi connectivity index (χ1v) is 3.94. The monoisotopic (exact) mass is 188 g/mol. The van der Waals surface area contributed by atoms with Crippen LogP contribution in [0.4, 0.5) is 0 Å². The molecule has 12 heavy (non-hydrogen) atoms. The van der Waals surface area contributed by atoms with Crippen LogP contribution < -0.4 is 10.6 Å². The van der Waals surface area contributed by atoms with E-state index in [1.54, 1.807) is 6.26 Å². The normalized spacial score (nSPS) is 23.2. The molecule has 2 heterocycles. The molecule has 1 aliphatic rings. The predicted octanol–water partition coefficient (Wildman–Crippen LogP) is 0.935. The largest absolute Gasteiger partial charge is 0.468 e. The molecule has 0 radical (unpaired) electrons. The summed E-state index contributed by atoms with van der Waals surface area (Å²) in [5.74, 6) is 1.03. The smallest absolute Gasteiger partial charge is 0.121 e. The molecule has 0 spiro atoms.